The Bertz CT molecular complexity index is 626. The summed E-state index contributed by atoms with van der Waals surface area (Å²) in [4.78, 5) is 11.7. The molecule has 0 aliphatic carbocycles. The van der Waals surface area contributed by atoms with Crippen molar-refractivity contribution in [3.63, 3.8) is 0 Å². The van der Waals surface area contributed by atoms with Crippen molar-refractivity contribution >= 4 is 23.7 Å². The highest BCUT2D eigenvalue weighted by Gasteiger charge is 2.03. The van der Waals surface area contributed by atoms with Crippen LogP contribution in [0.5, 0.6) is 5.75 Å². The summed E-state index contributed by atoms with van der Waals surface area (Å²) >= 11 is 5.79. The van der Waals surface area contributed by atoms with Crippen LogP contribution < -0.4 is 5.43 Å². The van der Waals surface area contributed by atoms with Gasteiger partial charge in [0, 0.05) is 10.6 Å². The van der Waals surface area contributed by atoms with Gasteiger partial charge in [0.1, 0.15) is 5.75 Å². The van der Waals surface area contributed by atoms with Crippen LogP contribution in [0.1, 0.15) is 15.9 Å². The number of carbonyl (C=O) groups is 1. The fourth-order valence-electron chi connectivity index (χ4n) is 1.46. The summed E-state index contributed by atoms with van der Waals surface area (Å²) in [6, 6.07) is 13.1. The highest BCUT2D eigenvalue weighted by Crippen LogP contribution is 2.10. The zero-order valence-electron chi connectivity index (χ0n) is 9.88. The Morgan fingerprint density at radius 1 is 1.21 bits per heavy atom. The molecule has 0 aromatic heterocycles. The Balaban J connectivity index is 2.01. The van der Waals surface area contributed by atoms with E-state index in [-0.39, 0.29) is 11.7 Å². The number of phenols is 1. The summed E-state index contributed by atoms with van der Waals surface area (Å²) < 4.78 is 0. The lowest BCUT2D eigenvalue weighted by Gasteiger charge is -2.00. The molecule has 19 heavy (non-hydrogen) atoms. The van der Waals surface area contributed by atoms with E-state index >= 15 is 0 Å². The van der Waals surface area contributed by atoms with Gasteiger partial charge in [0.2, 0.25) is 0 Å². The third kappa shape index (κ3) is 3.82. The van der Waals surface area contributed by atoms with Crippen molar-refractivity contribution in [1.29, 1.82) is 0 Å². The van der Waals surface area contributed by atoms with Crippen LogP contribution in [0.25, 0.3) is 0 Å². The van der Waals surface area contributed by atoms with Gasteiger partial charge in [-0.15, -0.1) is 0 Å². The second-order valence-corrected chi connectivity index (χ2v) is 4.24. The topological polar surface area (TPSA) is 61.7 Å². The average molecular weight is 275 g/mol. The molecular formula is C14H11ClN2O2. The summed E-state index contributed by atoms with van der Waals surface area (Å²) in [6.07, 6.45) is 1.45. The molecule has 0 aliphatic rings. The lowest BCUT2D eigenvalue weighted by Crippen LogP contribution is -2.17. The van der Waals surface area contributed by atoms with Crippen LogP contribution in [-0.4, -0.2) is 17.2 Å². The highest BCUT2D eigenvalue weighted by molar-refractivity contribution is 6.30. The quantitative estimate of drug-likeness (QED) is 0.668. The van der Waals surface area contributed by atoms with Gasteiger partial charge in [0.15, 0.2) is 0 Å². The molecule has 4 nitrogen and oxygen atoms in total. The van der Waals surface area contributed by atoms with Crippen molar-refractivity contribution in [2.45, 2.75) is 0 Å². The summed E-state index contributed by atoms with van der Waals surface area (Å²) in [5.41, 5.74) is 3.50. The Labute approximate surface area is 115 Å². The second kappa shape index (κ2) is 6.02. The zero-order chi connectivity index (χ0) is 13.7. The number of carbonyl (C=O) groups excluding carboxylic acids is 1. The van der Waals surface area contributed by atoms with Gasteiger partial charge in [-0.1, -0.05) is 29.8 Å². The Morgan fingerprint density at radius 3 is 2.74 bits per heavy atom. The maximum absolute atomic E-state index is 11.7. The van der Waals surface area contributed by atoms with Crippen molar-refractivity contribution in [2.75, 3.05) is 0 Å². The molecule has 0 radical (unpaired) electrons. The predicted octanol–water partition coefficient (Wildman–Crippen LogP) is 2.81. The van der Waals surface area contributed by atoms with Crippen LogP contribution >= 0.6 is 11.6 Å². The van der Waals surface area contributed by atoms with Crippen LogP contribution in [-0.2, 0) is 0 Å². The number of nitrogens with zero attached hydrogens (tertiary/aromatic N) is 1. The van der Waals surface area contributed by atoms with Gasteiger partial charge in [0.25, 0.3) is 5.91 Å². The SMILES string of the molecule is O=C(N/N=C\c1cccc(O)c1)c1cccc(Cl)c1. The molecular weight excluding hydrogens is 264 g/mol. The van der Waals surface area contributed by atoms with Gasteiger partial charge in [-0.3, -0.25) is 4.79 Å². The number of aromatic hydroxyl groups is 1. The Hall–Kier alpha value is -2.33. The molecule has 0 heterocycles. The van der Waals surface area contributed by atoms with E-state index in [0.717, 1.165) is 0 Å². The molecule has 0 unspecified atom stereocenters. The third-order valence-electron chi connectivity index (χ3n) is 2.34. The highest BCUT2D eigenvalue weighted by atomic mass is 35.5. The summed E-state index contributed by atoms with van der Waals surface area (Å²) in [6.45, 7) is 0. The number of nitrogens with one attached hydrogen (secondary N) is 1. The smallest absolute Gasteiger partial charge is 0.271 e. The van der Waals surface area contributed by atoms with Gasteiger partial charge < -0.3 is 5.11 Å². The maximum Gasteiger partial charge on any atom is 0.271 e. The van der Waals surface area contributed by atoms with E-state index in [1.807, 2.05) is 0 Å². The molecule has 0 saturated heterocycles. The molecule has 2 rings (SSSR count). The van der Waals surface area contributed by atoms with Crippen LogP contribution in [0.3, 0.4) is 0 Å². The standard InChI is InChI=1S/C14H11ClN2O2/c15-12-5-2-4-11(8-12)14(19)17-16-9-10-3-1-6-13(18)7-10/h1-9,18H,(H,17,19)/b16-9-. The number of phenolic OH excluding ortho intramolecular Hbond substituents is 1. The van der Waals surface area contributed by atoms with Gasteiger partial charge in [-0.05, 0) is 35.9 Å². The monoisotopic (exact) mass is 274 g/mol. The van der Waals surface area contributed by atoms with Crippen molar-refractivity contribution in [2.24, 2.45) is 5.10 Å². The first-order chi connectivity index (χ1) is 9.15. The van der Waals surface area contributed by atoms with Gasteiger partial charge in [-0.25, -0.2) is 5.43 Å². The minimum atomic E-state index is -0.348. The van der Waals surface area contributed by atoms with Crippen molar-refractivity contribution in [3.05, 3.63) is 64.7 Å². The number of hydrogen-bond acceptors (Lipinski definition) is 3. The van der Waals surface area contributed by atoms with Crippen molar-refractivity contribution in [1.82, 2.24) is 5.43 Å². The van der Waals surface area contributed by atoms with E-state index in [2.05, 4.69) is 10.5 Å². The number of rotatable bonds is 3. The molecule has 2 N–H and O–H groups in total. The van der Waals surface area contributed by atoms with Crippen molar-refractivity contribution < 1.29 is 9.90 Å². The lowest BCUT2D eigenvalue weighted by atomic mass is 10.2. The molecule has 0 bridgehead atoms. The molecule has 1 amide bonds. The molecule has 0 aliphatic heterocycles. The molecule has 0 fully saturated rings. The number of amides is 1. The zero-order valence-corrected chi connectivity index (χ0v) is 10.6. The van der Waals surface area contributed by atoms with Gasteiger partial charge in [0.05, 0.1) is 6.21 Å². The van der Waals surface area contributed by atoms with Gasteiger partial charge >= 0.3 is 0 Å². The fourth-order valence-corrected chi connectivity index (χ4v) is 1.66. The van der Waals surface area contributed by atoms with Crippen LogP contribution in [0, 0.1) is 0 Å². The van der Waals surface area contributed by atoms with Crippen molar-refractivity contribution in [3.8, 4) is 5.75 Å². The molecule has 5 heteroatoms. The molecule has 2 aromatic rings. The Morgan fingerprint density at radius 2 is 2.00 bits per heavy atom. The second-order valence-electron chi connectivity index (χ2n) is 3.80. The minimum Gasteiger partial charge on any atom is -0.508 e. The van der Waals surface area contributed by atoms with Crippen LogP contribution in [0.4, 0.5) is 0 Å². The van der Waals surface area contributed by atoms with Crippen LogP contribution in [0.15, 0.2) is 53.6 Å². The predicted molar refractivity (Wildman–Crippen MR) is 74.6 cm³/mol. The first-order valence-electron chi connectivity index (χ1n) is 5.53. The minimum absolute atomic E-state index is 0.144. The van der Waals surface area contributed by atoms with E-state index in [1.165, 1.54) is 12.3 Å². The molecule has 0 spiro atoms. The van der Waals surface area contributed by atoms with E-state index in [0.29, 0.717) is 16.1 Å². The molecule has 0 atom stereocenters. The average Bonchev–Trinajstić information content (AvgIpc) is 2.38. The fraction of sp³-hybridized carbons (Fsp3) is 0. The molecule has 0 saturated carbocycles. The summed E-state index contributed by atoms with van der Waals surface area (Å²) in [5.74, 6) is -0.205. The maximum atomic E-state index is 11.7. The van der Waals surface area contributed by atoms with E-state index in [1.54, 1.807) is 42.5 Å². The number of hydrogen-bond donors (Lipinski definition) is 2. The third-order valence-corrected chi connectivity index (χ3v) is 2.57. The Kier molecular flexibility index (Phi) is 4.15. The number of benzene rings is 2. The largest absolute Gasteiger partial charge is 0.508 e. The van der Waals surface area contributed by atoms with Gasteiger partial charge in [-0.2, -0.15) is 5.10 Å². The summed E-state index contributed by atoms with van der Waals surface area (Å²) in [7, 11) is 0. The first-order valence-corrected chi connectivity index (χ1v) is 5.91. The first kappa shape index (κ1) is 13.1. The normalized spacial score (nSPS) is 10.6. The van der Waals surface area contributed by atoms with Crippen LogP contribution in [0.2, 0.25) is 5.02 Å². The molecule has 96 valence electrons. The van der Waals surface area contributed by atoms with E-state index in [9.17, 15) is 9.90 Å². The summed E-state index contributed by atoms with van der Waals surface area (Å²) in [5, 5.41) is 13.6. The van der Waals surface area contributed by atoms with E-state index < -0.39 is 0 Å². The number of hydrazone groups is 1. The van der Waals surface area contributed by atoms with E-state index in [4.69, 9.17) is 11.6 Å². The lowest BCUT2D eigenvalue weighted by molar-refractivity contribution is 0.0955. The molecule has 2 aromatic carbocycles. The number of halogens is 1.